The fraction of sp³-hybridized carbons (Fsp3) is 1.00. The SMILES string of the molecule is CCNC(C)CN1CCC(N(C)C)CC1. The molecule has 1 atom stereocenters. The second kappa shape index (κ2) is 6.46. The standard InChI is InChI=1S/C12H27N3/c1-5-13-11(2)10-15-8-6-12(7-9-15)14(3)4/h11-13H,5-10H2,1-4H3. The third kappa shape index (κ3) is 4.49. The van der Waals surface area contributed by atoms with Crippen LogP contribution in [0.5, 0.6) is 0 Å². The van der Waals surface area contributed by atoms with Crippen molar-refractivity contribution in [2.24, 2.45) is 0 Å². The predicted octanol–water partition coefficient (Wildman–Crippen LogP) is 1.01. The lowest BCUT2D eigenvalue weighted by Crippen LogP contribution is -2.46. The minimum Gasteiger partial charge on any atom is -0.313 e. The molecule has 0 radical (unpaired) electrons. The molecule has 1 heterocycles. The number of hydrogen-bond donors (Lipinski definition) is 1. The Morgan fingerprint density at radius 2 is 1.93 bits per heavy atom. The molecular weight excluding hydrogens is 186 g/mol. The van der Waals surface area contributed by atoms with E-state index >= 15 is 0 Å². The molecule has 0 aromatic carbocycles. The van der Waals surface area contributed by atoms with Gasteiger partial charge in [0.2, 0.25) is 0 Å². The van der Waals surface area contributed by atoms with Crippen LogP contribution in [0.4, 0.5) is 0 Å². The van der Waals surface area contributed by atoms with Gasteiger partial charge in [0, 0.05) is 18.6 Å². The molecule has 0 aromatic rings. The predicted molar refractivity (Wildman–Crippen MR) is 66.3 cm³/mol. The first-order chi connectivity index (χ1) is 7.13. The van der Waals surface area contributed by atoms with E-state index < -0.39 is 0 Å². The van der Waals surface area contributed by atoms with Crippen molar-refractivity contribution in [2.45, 2.75) is 38.8 Å². The summed E-state index contributed by atoms with van der Waals surface area (Å²) >= 11 is 0. The Kier molecular flexibility index (Phi) is 5.58. The van der Waals surface area contributed by atoms with Gasteiger partial charge in [-0.2, -0.15) is 0 Å². The third-order valence-electron chi connectivity index (χ3n) is 3.37. The van der Waals surface area contributed by atoms with Gasteiger partial charge in [-0.05, 0) is 53.5 Å². The zero-order chi connectivity index (χ0) is 11.3. The molecule has 0 aliphatic carbocycles. The zero-order valence-corrected chi connectivity index (χ0v) is 10.8. The maximum atomic E-state index is 3.47. The molecule has 1 fully saturated rings. The van der Waals surface area contributed by atoms with Crippen LogP contribution >= 0.6 is 0 Å². The van der Waals surface area contributed by atoms with Gasteiger partial charge in [-0.25, -0.2) is 0 Å². The summed E-state index contributed by atoms with van der Waals surface area (Å²) in [4.78, 5) is 4.96. The fourth-order valence-corrected chi connectivity index (χ4v) is 2.42. The lowest BCUT2D eigenvalue weighted by molar-refractivity contribution is 0.137. The Hall–Kier alpha value is -0.120. The Morgan fingerprint density at radius 3 is 2.40 bits per heavy atom. The van der Waals surface area contributed by atoms with Gasteiger partial charge in [0.05, 0.1) is 0 Å². The number of hydrogen-bond acceptors (Lipinski definition) is 3. The number of likely N-dealkylation sites (N-methyl/N-ethyl adjacent to an activating group) is 1. The molecule has 3 heteroatoms. The van der Waals surface area contributed by atoms with E-state index in [4.69, 9.17) is 0 Å². The van der Waals surface area contributed by atoms with Crippen molar-refractivity contribution in [3.63, 3.8) is 0 Å². The first-order valence-corrected chi connectivity index (χ1v) is 6.25. The Bertz CT molecular complexity index is 162. The average Bonchev–Trinajstić information content (AvgIpc) is 2.18. The lowest BCUT2D eigenvalue weighted by Gasteiger charge is -2.36. The van der Waals surface area contributed by atoms with Crippen molar-refractivity contribution in [1.29, 1.82) is 0 Å². The molecule has 1 aliphatic rings. The molecule has 0 amide bonds. The zero-order valence-electron chi connectivity index (χ0n) is 10.8. The molecule has 1 aliphatic heterocycles. The maximum absolute atomic E-state index is 3.47. The van der Waals surface area contributed by atoms with Crippen molar-refractivity contribution < 1.29 is 0 Å². The highest BCUT2D eigenvalue weighted by molar-refractivity contribution is 4.78. The summed E-state index contributed by atoms with van der Waals surface area (Å²) < 4.78 is 0. The molecule has 0 aromatic heterocycles. The molecule has 15 heavy (non-hydrogen) atoms. The average molecular weight is 213 g/mol. The van der Waals surface area contributed by atoms with Crippen LogP contribution in [0.3, 0.4) is 0 Å². The van der Waals surface area contributed by atoms with E-state index in [0.29, 0.717) is 6.04 Å². The number of nitrogens with one attached hydrogen (secondary N) is 1. The summed E-state index contributed by atoms with van der Waals surface area (Å²) in [5.41, 5.74) is 0. The summed E-state index contributed by atoms with van der Waals surface area (Å²) in [5, 5.41) is 3.47. The van der Waals surface area contributed by atoms with Gasteiger partial charge in [0.1, 0.15) is 0 Å². The van der Waals surface area contributed by atoms with E-state index in [1.165, 1.54) is 32.5 Å². The van der Waals surface area contributed by atoms with Crippen LogP contribution in [0.15, 0.2) is 0 Å². The van der Waals surface area contributed by atoms with Crippen LogP contribution in [0.2, 0.25) is 0 Å². The Balaban J connectivity index is 2.19. The van der Waals surface area contributed by atoms with Gasteiger partial charge in [-0.15, -0.1) is 0 Å². The van der Waals surface area contributed by atoms with Crippen LogP contribution in [0, 0.1) is 0 Å². The Morgan fingerprint density at radius 1 is 1.33 bits per heavy atom. The largest absolute Gasteiger partial charge is 0.313 e. The van der Waals surface area contributed by atoms with E-state index in [9.17, 15) is 0 Å². The number of nitrogens with zero attached hydrogens (tertiary/aromatic N) is 2. The van der Waals surface area contributed by atoms with Gasteiger partial charge in [0.15, 0.2) is 0 Å². The topological polar surface area (TPSA) is 18.5 Å². The van der Waals surface area contributed by atoms with Crippen molar-refractivity contribution >= 4 is 0 Å². The van der Waals surface area contributed by atoms with Crippen LogP contribution in [0.1, 0.15) is 26.7 Å². The van der Waals surface area contributed by atoms with Crippen LogP contribution in [-0.4, -0.2) is 62.2 Å². The van der Waals surface area contributed by atoms with Crippen LogP contribution in [-0.2, 0) is 0 Å². The van der Waals surface area contributed by atoms with Gasteiger partial charge in [-0.3, -0.25) is 0 Å². The highest BCUT2D eigenvalue weighted by Gasteiger charge is 2.21. The lowest BCUT2D eigenvalue weighted by atomic mass is 10.0. The molecule has 1 rings (SSSR count). The molecule has 1 unspecified atom stereocenters. The highest BCUT2D eigenvalue weighted by atomic mass is 15.2. The minimum atomic E-state index is 0.630. The second-order valence-corrected chi connectivity index (χ2v) is 4.95. The third-order valence-corrected chi connectivity index (χ3v) is 3.37. The summed E-state index contributed by atoms with van der Waals surface area (Å²) in [6.45, 7) is 9.26. The van der Waals surface area contributed by atoms with E-state index in [0.717, 1.165) is 12.6 Å². The van der Waals surface area contributed by atoms with Crippen molar-refractivity contribution in [1.82, 2.24) is 15.1 Å². The molecule has 90 valence electrons. The van der Waals surface area contributed by atoms with E-state index in [1.54, 1.807) is 0 Å². The van der Waals surface area contributed by atoms with Gasteiger partial charge >= 0.3 is 0 Å². The molecule has 0 saturated carbocycles. The van der Waals surface area contributed by atoms with Gasteiger partial charge < -0.3 is 15.1 Å². The molecular formula is C12H27N3. The van der Waals surface area contributed by atoms with Crippen molar-refractivity contribution in [3.05, 3.63) is 0 Å². The van der Waals surface area contributed by atoms with Gasteiger partial charge in [0.25, 0.3) is 0 Å². The van der Waals surface area contributed by atoms with E-state index in [1.807, 2.05) is 0 Å². The monoisotopic (exact) mass is 213 g/mol. The van der Waals surface area contributed by atoms with Crippen molar-refractivity contribution in [3.8, 4) is 0 Å². The first kappa shape index (κ1) is 12.9. The number of likely N-dealkylation sites (tertiary alicyclic amines) is 1. The van der Waals surface area contributed by atoms with Crippen molar-refractivity contribution in [2.75, 3.05) is 40.3 Å². The fourth-order valence-electron chi connectivity index (χ4n) is 2.42. The van der Waals surface area contributed by atoms with E-state index in [2.05, 4.69) is 43.1 Å². The molecule has 1 N–H and O–H groups in total. The summed E-state index contributed by atoms with van der Waals surface area (Å²) in [7, 11) is 4.39. The normalized spacial score (nSPS) is 22.2. The van der Waals surface area contributed by atoms with Crippen LogP contribution < -0.4 is 5.32 Å². The summed E-state index contributed by atoms with van der Waals surface area (Å²) in [5.74, 6) is 0. The quantitative estimate of drug-likeness (QED) is 0.735. The molecule has 3 nitrogen and oxygen atoms in total. The first-order valence-electron chi connectivity index (χ1n) is 6.25. The molecule has 1 saturated heterocycles. The maximum Gasteiger partial charge on any atom is 0.0166 e. The van der Waals surface area contributed by atoms with Gasteiger partial charge in [-0.1, -0.05) is 6.92 Å². The highest BCUT2D eigenvalue weighted by Crippen LogP contribution is 2.14. The van der Waals surface area contributed by atoms with E-state index in [-0.39, 0.29) is 0 Å². The summed E-state index contributed by atoms with van der Waals surface area (Å²) in [6, 6.07) is 1.43. The molecule has 0 bridgehead atoms. The molecule has 0 spiro atoms. The summed E-state index contributed by atoms with van der Waals surface area (Å²) in [6.07, 6.45) is 2.65. The smallest absolute Gasteiger partial charge is 0.0166 e. The van der Waals surface area contributed by atoms with Crippen LogP contribution in [0.25, 0.3) is 0 Å². The second-order valence-electron chi connectivity index (χ2n) is 4.95. The number of piperidine rings is 1. The Labute approximate surface area is 94.8 Å². The minimum absolute atomic E-state index is 0.630. The number of rotatable bonds is 5.